The molecule has 1 aromatic heterocycles. The number of nitriles is 1. The molecule has 0 unspecified atom stereocenters. The number of oxazole rings is 1. The summed E-state index contributed by atoms with van der Waals surface area (Å²) in [6.07, 6.45) is 11.9. The number of allylic oxidation sites excluding steroid dienone is 7. The topological polar surface area (TPSA) is 210 Å². The van der Waals surface area contributed by atoms with Crippen molar-refractivity contribution in [2.45, 2.75) is 419 Å². The van der Waals surface area contributed by atoms with Crippen molar-refractivity contribution in [3.05, 3.63) is 71.0 Å². The van der Waals surface area contributed by atoms with Gasteiger partial charge in [-0.3, -0.25) is 18.4 Å². The summed E-state index contributed by atoms with van der Waals surface area (Å²) in [5, 5.41) is 12.3. The zero-order valence-electron chi connectivity index (χ0n) is 83.7. The number of hydrogen-bond donors (Lipinski definition) is 1. The molecule has 3 rings (SSSR count). The predicted molar refractivity (Wildman–Crippen MR) is 516 cm³/mol. The van der Waals surface area contributed by atoms with E-state index in [0.717, 1.165) is 53.0 Å². The Hall–Kier alpha value is -1.90. The Kier molecular flexibility index (Phi) is 42.9. The van der Waals surface area contributed by atoms with Gasteiger partial charge in [0.25, 0.3) is 5.91 Å². The Balaban J connectivity index is 2.40. The van der Waals surface area contributed by atoms with Gasteiger partial charge in [0, 0.05) is 79.0 Å². The molecule has 1 aromatic rings. The van der Waals surface area contributed by atoms with Crippen molar-refractivity contribution in [2.75, 3.05) is 54.7 Å². The number of ether oxygens (including phenoxy) is 4. The molecule has 0 saturated carbocycles. The first-order valence-electron chi connectivity index (χ1n) is 45.4. The fraction of sp³-hybridized carbons (Fsp3) is 0.837. The van der Waals surface area contributed by atoms with E-state index in [1.165, 1.54) is 0 Å². The molecule has 1 N–H and O–H groups in total. The third-order valence-electron chi connectivity index (χ3n) is 28.0. The summed E-state index contributed by atoms with van der Waals surface area (Å²) in [6.45, 7) is 86.7. The lowest BCUT2D eigenvalue weighted by Crippen LogP contribution is -2.62. The molecule has 0 aromatic carbocycles. The van der Waals surface area contributed by atoms with Crippen LogP contribution in [0.15, 0.2) is 63.9 Å². The molecule has 0 radical (unpaired) electrons. The Morgan fingerprint density at radius 3 is 1.73 bits per heavy atom. The third kappa shape index (κ3) is 31.2. The van der Waals surface area contributed by atoms with Gasteiger partial charge in [-0.15, -0.1) is 0 Å². The number of phosphoric ester groups is 1. The van der Waals surface area contributed by atoms with Gasteiger partial charge in [0.05, 0.1) is 68.6 Å². The zero-order valence-corrected chi connectivity index (χ0v) is 91.6. The fourth-order valence-corrected chi connectivity index (χ4v) is 30.2. The maximum absolute atomic E-state index is 16.2. The summed E-state index contributed by atoms with van der Waals surface area (Å²) in [5.74, 6) is -1.57. The molecule has 690 valence electrons. The molecule has 3 heterocycles. The van der Waals surface area contributed by atoms with Gasteiger partial charge in [0.15, 0.2) is 59.4 Å². The molecule has 19 nitrogen and oxygen atoms in total. The van der Waals surface area contributed by atoms with E-state index in [-0.39, 0.29) is 81.7 Å². The van der Waals surface area contributed by atoms with Crippen molar-refractivity contribution in [3.8, 4) is 6.07 Å². The standard InChI is InChI=1S/C92H179N4O15PSi7/c1-43-118(44-2,66(5)6)110-82(76(65-99-29)96(27)28)84(111-119(45-3,46-4)67(7)8)86(97)94-56-54-70(11)87-95-75(64-101-87)51-48-52-77-73(14)80(108-116(39,40)89(19,20)21)63-92(104-77)91(25,26)85(106-112(98,102-57-59-113(31,32)33)103-58-60-114(34,35)36)83(105-92)79(100-30)62-78(107-115(37,38)88(16,17)18)74(15)81(109-117(41,42)90(22,23)24)72(13)61-71(12)69(10)50-47-49-68(9)53-55-93/h47-51,53,61,64,66-67,70,72-74,76-85H,43-46,52,54,56-60,62-63,65H2,1-42H3,(H,94,97)/b49-47+,51-48+,68-53+,69-50+,71-61+/t70-,72+,73+,74-,76-,77-,78-,79-,80+,81+,82-,83+,84-,85-,92+/m1/s1. The molecular formula is C92H179N4O15PSi7. The third-order valence-corrected chi connectivity index (χ3v) is 56.9. The largest absolute Gasteiger partial charge is 0.475 e. The van der Waals surface area contributed by atoms with E-state index in [0.29, 0.717) is 56.0 Å². The van der Waals surface area contributed by atoms with Crippen LogP contribution in [0.25, 0.3) is 6.08 Å². The lowest BCUT2D eigenvalue weighted by molar-refractivity contribution is -0.333. The first-order chi connectivity index (χ1) is 54.4. The van der Waals surface area contributed by atoms with E-state index in [1.54, 1.807) is 26.6 Å². The molecule has 2 aliphatic rings. The SMILES string of the molecule is CC[Si](CC)(O[C@H]([C@@H](COC)N(C)C)[C@@H](O[Si](CC)(CC)C(C)C)C(=O)NCC[C@@H](C)c1nc(/C=C/C[C@H]2O[C@@]3(C[C@H](O[Si](C)(C)C(C)(C)C)[C@H]2C)O[C@@H]([C@@H](C[C@@H](O[Si](C)(C)C(C)(C)C)[C@@H](C)[C@@H](O[Si](C)(C)C(C)(C)C)[C@@H](C)/C=C(C)/C(C)=C/C=C/C(C)=C/C#N)OC)[C@@H](OP(=O)(OCC[Si](C)(C)C)OCC[Si](C)(C)C)C3(C)C)co1)C(C)C. The van der Waals surface area contributed by atoms with Crippen molar-refractivity contribution >= 4 is 77.5 Å². The average Bonchev–Trinajstić information content (AvgIpc) is 1.55. The number of aromatic nitrogens is 1. The van der Waals surface area contributed by atoms with E-state index in [2.05, 4.69) is 286 Å². The Morgan fingerprint density at radius 2 is 1.26 bits per heavy atom. The zero-order chi connectivity index (χ0) is 91.6. The second kappa shape index (κ2) is 45.9. The molecular weight excluding hydrogens is 1630 g/mol. The van der Waals surface area contributed by atoms with Crippen LogP contribution < -0.4 is 5.32 Å². The molecule has 15 atom stereocenters. The molecule has 119 heavy (non-hydrogen) atoms. The lowest BCUT2D eigenvalue weighted by Gasteiger charge is -2.53. The molecule has 0 bridgehead atoms. The number of carbonyl (C=O) groups excluding carboxylic acids is 1. The van der Waals surface area contributed by atoms with Gasteiger partial charge in [-0.1, -0.05) is 234 Å². The summed E-state index contributed by atoms with van der Waals surface area (Å²) in [6, 6.07) is 6.99. The first kappa shape index (κ1) is 111. The lowest BCUT2D eigenvalue weighted by atomic mass is 9.72. The van der Waals surface area contributed by atoms with Crippen LogP contribution >= 0.6 is 7.82 Å². The number of carbonyl (C=O) groups is 1. The van der Waals surface area contributed by atoms with Gasteiger partial charge in [-0.05, 0) is 173 Å². The molecule has 2 aliphatic heterocycles. The Morgan fingerprint density at radius 1 is 0.739 bits per heavy atom. The van der Waals surface area contributed by atoms with Crippen molar-refractivity contribution in [2.24, 2.45) is 23.2 Å². The second-order valence-corrected chi connectivity index (χ2v) is 80.7. The van der Waals surface area contributed by atoms with Gasteiger partial charge in [-0.25, -0.2) is 9.55 Å². The summed E-state index contributed by atoms with van der Waals surface area (Å²) in [5.41, 5.74) is 3.30. The van der Waals surface area contributed by atoms with Crippen molar-refractivity contribution < 1.29 is 68.4 Å². The van der Waals surface area contributed by atoms with Gasteiger partial charge in [-0.2, -0.15) is 5.26 Å². The van der Waals surface area contributed by atoms with Crippen molar-refractivity contribution in [1.82, 2.24) is 15.2 Å². The van der Waals surface area contributed by atoms with Gasteiger partial charge in [0.1, 0.15) is 24.2 Å². The molecule has 2 fully saturated rings. The minimum atomic E-state index is -4.40. The van der Waals surface area contributed by atoms with Crippen LogP contribution in [0, 0.1) is 34.5 Å². The first-order valence-corrected chi connectivity index (χ1v) is 67.8. The monoisotopic (exact) mass is 1810 g/mol. The highest BCUT2D eigenvalue weighted by Gasteiger charge is 2.69. The number of nitrogens with one attached hydrogen (secondary N) is 1. The van der Waals surface area contributed by atoms with Gasteiger partial charge >= 0.3 is 7.82 Å². The number of rotatable bonds is 50. The van der Waals surface area contributed by atoms with Crippen LogP contribution in [0.5, 0.6) is 0 Å². The number of likely N-dealkylation sites (N-methyl/N-ethyl adjacent to an activating group) is 1. The van der Waals surface area contributed by atoms with E-state index in [9.17, 15) is 5.26 Å². The van der Waals surface area contributed by atoms with E-state index in [1.807, 2.05) is 39.2 Å². The number of phosphoric acid groups is 1. The summed E-state index contributed by atoms with van der Waals surface area (Å²) in [7, 11) is -12.8. The Bertz CT molecular complexity index is 3490. The van der Waals surface area contributed by atoms with E-state index < -0.39 is 119 Å². The highest BCUT2D eigenvalue weighted by molar-refractivity contribution is 7.48. The molecule has 1 amide bonds. The fourth-order valence-electron chi connectivity index (χ4n) is 15.6. The van der Waals surface area contributed by atoms with E-state index >= 15 is 9.36 Å². The summed E-state index contributed by atoms with van der Waals surface area (Å²) >= 11 is 0. The van der Waals surface area contributed by atoms with Crippen LogP contribution in [-0.2, 0) is 64.0 Å². The van der Waals surface area contributed by atoms with Crippen LogP contribution in [0.3, 0.4) is 0 Å². The summed E-state index contributed by atoms with van der Waals surface area (Å²) < 4.78 is 110. The Labute approximate surface area is 736 Å². The number of methoxy groups -OCH3 is 2. The minimum absolute atomic E-state index is 0.0752. The quantitative estimate of drug-likeness (QED) is 0.0278. The summed E-state index contributed by atoms with van der Waals surface area (Å²) in [4.78, 5) is 22.4. The van der Waals surface area contributed by atoms with Gasteiger partial charge in [0.2, 0.25) is 0 Å². The maximum atomic E-state index is 16.2. The molecule has 2 saturated heterocycles. The highest BCUT2D eigenvalue weighted by atomic mass is 31.2. The smallest absolute Gasteiger partial charge is 0.448 e. The second-order valence-electron chi connectivity index (χ2n) is 43.7. The van der Waals surface area contributed by atoms with Crippen molar-refractivity contribution in [3.63, 3.8) is 0 Å². The van der Waals surface area contributed by atoms with Crippen LogP contribution in [0.2, 0.25) is 141 Å². The van der Waals surface area contributed by atoms with Crippen molar-refractivity contribution in [1.29, 1.82) is 5.26 Å². The average molecular weight is 1810 g/mol. The molecule has 1 spiro atoms. The normalized spacial score (nSPS) is 22.8. The number of amides is 1. The van der Waals surface area contributed by atoms with E-state index in [4.69, 9.17) is 64.0 Å². The number of hydrogen-bond acceptors (Lipinski definition) is 18. The van der Waals surface area contributed by atoms with Crippen LogP contribution in [0.4, 0.5) is 0 Å². The number of nitrogens with zero attached hydrogens (tertiary/aromatic N) is 3. The van der Waals surface area contributed by atoms with Crippen LogP contribution in [0.1, 0.15) is 223 Å². The maximum Gasteiger partial charge on any atom is 0.475 e. The highest BCUT2D eigenvalue weighted by Crippen LogP contribution is 2.63. The molecule has 0 aliphatic carbocycles. The predicted octanol–water partition coefficient (Wildman–Crippen LogP) is 25.3. The minimum Gasteiger partial charge on any atom is -0.448 e. The van der Waals surface area contributed by atoms with Crippen LogP contribution in [-0.4, -0.2) is 195 Å². The van der Waals surface area contributed by atoms with Gasteiger partial charge < -0.3 is 55.7 Å². The molecule has 27 heteroatoms.